The van der Waals surface area contributed by atoms with Gasteiger partial charge in [-0.15, -0.1) is 0 Å². The second-order valence-corrected chi connectivity index (χ2v) is 4.58. The van der Waals surface area contributed by atoms with E-state index in [0.717, 1.165) is 0 Å². The van der Waals surface area contributed by atoms with Crippen molar-refractivity contribution in [1.82, 2.24) is 9.78 Å². The van der Waals surface area contributed by atoms with Crippen molar-refractivity contribution in [1.29, 1.82) is 5.26 Å². The summed E-state index contributed by atoms with van der Waals surface area (Å²) in [4.78, 5) is 12.0. The van der Waals surface area contributed by atoms with Gasteiger partial charge in [-0.05, 0) is 18.6 Å². The van der Waals surface area contributed by atoms with E-state index >= 15 is 0 Å². The SMILES string of the molecule is COC(=O)c1c(C(C#N)CCO)nn(-c2ccccc2)c1N. The molecule has 2 aromatic rings. The minimum Gasteiger partial charge on any atom is -0.465 e. The Bertz CT molecular complexity index is 704. The summed E-state index contributed by atoms with van der Waals surface area (Å²) >= 11 is 0. The lowest BCUT2D eigenvalue weighted by molar-refractivity contribution is 0.0600. The summed E-state index contributed by atoms with van der Waals surface area (Å²) in [7, 11) is 1.23. The zero-order chi connectivity index (χ0) is 16.1. The van der Waals surface area contributed by atoms with Crippen molar-refractivity contribution < 1.29 is 14.6 Å². The number of hydrogen-bond acceptors (Lipinski definition) is 6. The number of carbonyl (C=O) groups is 1. The highest BCUT2D eigenvalue weighted by Gasteiger charge is 2.28. The number of ether oxygens (including phenoxy) is 1. The molecule has 0 bridgehead atoms. The molecule has 0 fully saturated rings. The van der Waals surface area contributed by atoms with Crippen LogP contribution in [0.4, 0.5) is 5.82 Å². The Morgan fingerprint density at radius 2 is 2.18 bits per heavy atom. The zero-order valence-electron chi connectivity index (χ0n) is 12.1. The third-order valence-corrected chi connectivity index (χ3v) is 3.24. The Balaban J connectivity index is 2.62. The van der Waals surface area contributed by atoms with Crippen molar-refractivity contribution in [3.63, 3.8) is 0 Å². The minimum atomic E-state index is -0.744. The molecule has 114 valence electrons. The number of rotatable bonds is 5. The van der Waals surface area contributed by atoms with E-state index in [1.807, 2.05) is 24.3 Å². The Morgan fingerprint density at radius 1 is 1.50 bits per heavy atom. The topological polar surface area (TPSA) is 114 Å². The highest BCUT2D eigenvalue weighted by atomic mass is 16.5. The van der Waals surface area contributed by atoms with Crippen LogP contribution >= 0.6 is 0 Å². The molecule has 0 aliphatic heterocycles. The Kier molecular flexibility index (Phi) is 4.76. The number of carbonyl (C=O) groups excluding carboxylic acids is 1. The van der Waals surface area contributed by atoms with Crippen LogP contribution in [-0.2, 0) is 4.74 Å². The fourth-order valence-corrected chi connectivity index (χ4v) is 2.16. The predicted octanol–water partition coefficient (Wildman–Crippen LogP) is 1.23. The quantitative estimate of drug-likeness (QED) is 0.803. The first-order valence-corrected chi connectivity index (χ1v) is 6.66. The molecule has 0 amide bonds. The van der Waals surface area contributed by atoms with Gasteiger partial charge in [-0.1, -0.05) is 18.2 Å². The van der Waals surface area contributed by atoms with Crippen LogP contribution in [0.3, 0.4) is 0 Å². The number of aromatic nitrogens is 2. The molecule has 0 spiro atoms. The van der Waals surface area contributed by atoms with Gasteiger partial charge in [-0.2, -0.15) is 10.4 Å². The van der Waals surface area contributed by atoms with E-state index in [-0.39, 0.29) is 30.1 Å². The fraction of sp³-hybridized carbons (Fsp3) is 0.267. The van der Waals surface area contributed by atoms with Gasteiger partial charge in [0.1, 0.15) is 11.4 Å². The molecule has 0 aliphatic rings. The second kappa shape index (κ2) is 6.74. The molecule has 0 saturated heterocycles. The molecule has 1 atom stereocenters. The zero-order valence-corrected chi connectivity index (χ0v) is 12.1. The van der Waals surface area contributed by atoms with Gasteiger partial charge in [-0.3, -0.25) is 0 Å². The molecule has 7 heteroatoms. The lowest BCUT2D eigenvalue weighted by atomic mass is 10.00. The molecule has 22 heavy (non-hydrogen) atoms. The number of aliphatic hydroxyl groups is 1. The van der Waals surface area contributed by atoms with E-state index in [4.69, 9.17) is 15.6 Å². The van der Waals surface area contributed by atoms with Crippen LogP contribution in [0.2, 0.25) is 0 Å². The maximum atomic E-state index is 12.0. The van der Waals surface area contributed by atoms with E-state index in [1.54, 1.807) is 12.1 Å². The first kappa shape index (κ1) is 15.5. The predicted molar refractivity (Wildman–Crippen MR) is 79.4 cm³/mol. The maximum Gasteiger partial charge on any atom is 0.343 e. The van der Waals surface area contributed by atoms with Crippen LogP contribution in [-0.4, -0.2) is 34.6 Å². The van der Waals surface area contributed by atoms with Crippen molar-refractivity contribution in [3.05, 3.63) is 41.6 Å². The summed E-state index contributed by atoms with van der Waals surface area (Å²) in [6.45, 7) is -0.197. The van der Waals surface area contributed by atoms with Crippen molar-refractivity contribution >= 4 is 11.8 Å². The first-order valence-electron chi connectivity index (χ1n) is 6.66. The van der Waals surface area contributed by atoms with Gasteiger partial charge in [0.05, 0.1) is 30.5 Å². The lowest BCUT2D eigenvalue weighted by Crippen LogP contribution is -2.10. The summed E-state index contributed by atoms with van der Waals surface area (Å²) in [5, 5.41) is 22.6. The number of anilines is 1. The van der Waals surface area contributed by atoms with Gasteiger partial charge in [-0.25, -0.2) is 9.48 Å². The van der Waals surface area contributed by atoms with Gasteiger partial charge in [0, 0.05) is 6.61 Å². The summed E-state index contributed by atoms with van der Waals surface area (Å²) in [5.74, 6) is -1.30. The lowest BCUT2D eigenvalue weighted by Gasteiger charge is -2.05. The van der Waals surface area contributed by atoms with Crippen molar-refractivity contribution in [3.8, 4) is 11.8 Å². The van der Waals surface area contributed by atoms with E-state index < -0.39 is 11.9 Å². The number of methoxy groups -OCH3 is 1. The summed E-state index contributed by atoms with van der Waals surface area (Å²) in [6, 6.07) is 11.1. The number of benzene rings is 1. The van der Waals surface area contributed by atoms with Crippen LogP contribution in [0.25, 0.3) is 5.69 Å². The maximum absolute atomic E-state index is 12.0. The van der Waals surface area contributed by atoms with Crippen molar-refractivity contribution in [2.45, 2.75) is 12.3 Å². The van der Waals surface area contributed by atoms with Crippen LogP contribution in [0, 0.1) is 11.3 Å². The summed E-state index contributed by atoms with van der Waals surface area (Å²) < 4.78 is 6.13. The average molecular weight is 300 g/mol. The highest BCUT2D eigenvalue weighted by molar-refractivity contribution is 5.96. The summed E-state index contributed by atoms with van der Waals surface area (Å²) in [5.41, 5.74) is 6.97. The van der Waals surface area contributed by atoms with Crippen molar-refractivity contribution in [2.24, 2.45) is 0 Å². The molecule has 0 radical (unpaired) electrons. The molecule has 0 aliphatic carbocycles. The monoisotopic (exact) mass is 300 g/mol. The normalized spacial score (nSPS) is 11.7. The molecule has 1 heterocycles. The number of esters is 1. The number of nitrogens with two attached hydrogens (primary N) is 1. The van der Waals surface area contributed by atoms with E-state index in [2.05, 4.69) is 5.10 Å². The van der Waals surface area contributed by atoms with Crippen LogP contribution in [0.15, 0.2) is 30.3 Å². The Morgan fingerprint density at radius 3 is 2.73 bits per heavy atom. The fourth-order valence-electron chi connectivity index (χ4n) is 2.16. The van der Waals surface area contributed by atoms with Gasteiger partial charge in [0.15, 0.2) is 0 Å². The summed E-state index contributed by atoms with van der Waals surface area (Å²) in [6.07, 6.45) is 0.158. The number of hydrogen-bond donors (Lipinski definition) is 2. The number of para-hydroxylation sites is 1. The molecule has 0 saturated carbocycles. The molecular weight excluding hydrogens is 284 g/mol. The smallest absolute Gasteiger partial charge is 0.343 e. The Labute approximate surface area is 127 Å². The molecule has 1 aromatic heterocycles. The molecular formula is C15H16N4O3. The highest BCUT2D eigenvalue weighted by Crippen LogP contribution is 2.28. The number of aliphatic hydroxyl groups excluding tert-OH is 1. The second-order valence-electron chi connectivity index (χ2n) is 4.58. The van der Waals surface area contributed by atoms with E-state index in [1.165, 1.54) is 11.8 Å². The Hall–Kier alpha value is -2.85. The molecule has 3 N–H and O–H groups in total. The molecule has 7 nitrogen and oxygen atoms in total. The third kappa shape index (κ3) is 2.77. The van der Waals surface area contributed by atoms with Gasteiger partial charge < -0.3 is 15.6 Å². The van der Waals surface area contributed by atoms with E-state index in [0.29, 0.717) is 5.69 Å². The number of nitrogen functional groups attached to an aromatic ring is 1. The molecule has 2 rings (SSSR count). The molecule has 1 aromatic carbocycles. The van der Waals surface area contributed by atoms with Crippen LogP contribution < -0.4 is 5.73 Å². The first-order chi connectivity index (χ1) is 10.6. The van der Waals surface area contributed by atoms with Gasteiger partial charge in [0.25, 0.3) is 0 Å². The number of nitrogens with zero attached hydrogens (tertiary/aromatic N) is 3. The standard InChI is InChI=1S/C15H16N4O3/c1-22-15(21)12-13(10(9-16)7-8-20)18-19(14(12)17)11-5-3-2-4-6-11/h2-6,10,20H,7-8,17H2,1H3. The van der Waals surface area contributed by atoms with Gasteiger partial charge >= 0.3 is 5.97 Å². The third-order valence-electron chi connectivity index (χ3n) is 3.24. The van der Waals surface area contributed by atoms with E-state index in [9.17, 15) is 10.1 Å². The number of nitriles is 1. The minimum absolute atomic E-state index is 0.0614. The van der Waals surface area contributed by atoms with Crippen molar-refractivity contribution in [2.75, 3.05) is 19.5 Å². The largest absolute Gasteiger partial charge is 0.465 e. The average Bonchev–Trinajstić information content (AvgIpc) is 2.90. The molecule has 1 unspecified atom stereocenters. The van der Waals surface area contributed by atoms with Crippen LogP contribution in [0.1, 0.15) is 28.4 Å². The van der Waals surface area contributed by atoms with Gasteiger partial charge in [0.2, 0.25) is 0 Å². The van der Waals surface area contributed by atoms with Crippen LogP contribution in [0.5, 0.6) is 0 Å².